The van der Waals surface area contributed by atoms with Gasteiger partial charge in [0.2, 0.25) is 5.91 Å². The average molecular weight is 510 g/mol. The molecular formula is C23H20BrN5O2S. The van der Waals surface area contributed by atoms with Crippen LogP contribution in [-0.2, 0) is 4.79 Å². The lowest BCUT2D eigenvalue weighted by Gasteiger charge is -2.11. The van der Waals surface area contributed by atoms with Gasteiger partial charge in [-0.2, -0.15) is 0 Å². The normalized spacial score (nSPS) is 10.7. The maximum atomic E-state index is 12.6. The number of carbonyl (C=O) groups is 1. The molecular weight excluding hydrogens is 490 g/mol. The summed E-state index contributed by atoms with van der Waals surface area (Å²) in [5.41, 5.74) is 3.31. The molecule has 0 aliphatic rings. The molecule has 0 spiro atoms. The van der Waals surface area contributed by atoms with Crippen molar-refractivity contribution in [1.29, 1.82) is 0 Å². The summed E-state index contributed by atoms with van der Waals surface area (Å²) in [5, 5.41) is 12.2. The van der Waals surface area contributed by atoms with Crippen LogP contribution in [0.25, 0.3) is 17.2 Å². The fourth-order valence-corrected chi connectivity index (χ4v) is 4.30. The highest BCUT2D eigenvalue weighted by molar-refractivity contribution is 9.10. The average Bonchev–Trinajstić information content (AvgIpc) is 3.24. The Hall–Kier alpha value is -3.17. The van der Waals surface area contributed by atoms with E-state index in [1.807, 2.05) is 72.2 Å². The minimum Gasteiger partial charge on any atom is -0.497 e. The number of pyridine rings is 1. The van der Waals surface area contributed by atoms with Crippen molar-refractivity contribution >= 4 is 39.3 Å². The smallest absolute Gasteiger partial charge is 0.234 e. The van der Waals surface area contributed by atoms with Crippen molar-refractivity contribution in [2.24, 2.45) is 0 Å². The van der Waals surface area contributed by atoms with Gasteiger partial charge in [0.25, 0.3) is 0 Å². The molecule has 0 radical (unpaired) electrons. The number of nitrogens with zero attached hydrogens (tertiary/aromatic N) is 4. The number of aryl methyl sites for hydroxylation is 1. The standard InChI is InChI=1S/C23H20BrN5O2S/c1-15-13-16(24)6-11-19(15)26-21(30)14-32-23-28-27-22(20-5-3-4-12-25-20)29(23)17-7-9-18(31-2)10-8-17/h3-13H,14H2,1-2H3,(H,26,30). The van der Waals surface area contributed by atoms with Gasteiger partial charge in [-0.3, -0.25) is 14.3 Å². The second kappa shape index (κ2) is 9.97. The van der Waals surface area contributed by atoms with Crippen LogP contribution in [0.2, 0.25) is 0 Å². The number of nitrogens with one attached hydrogen (secondary N) is 1. The predicted molar refractivity (Wildman–Crippen MR) is 129 cm³/mol. The third-order valence-corrected chi connectivity index (χ3v) is 6.08. The minimum atomic E-state index is -0.121. The van der Waals surface area contributed by atoms with Crippen LogP contribution in [0.3, 0.4) is 0 Å². The maximum Gasteiger partial charge on any atom is 0.234 e. The second-order valence-corrected chi connectivity index (χ2v) is 8.71. The van der Waals surface area contributed by atoms with Crippen LogP contribution in [0.1, 0.15) is 5.56 Å². The zero-order valence-corrected chi connectivity index (χ0v) is 19.9. The van der Waals surface area contributed by atoms with Crippen molar-refractivity contribution in [2.75, 3.05) is 18.2 Å². The molecule has 0 atom stereocenters. The lowest BCUT2D eigenvalue weighted by atomic mass is 10.2. The molecule has 32 heavy (non-hydrogen) atoms. The lowest BCUT2D eigenvalue weighted by Crippen LogP contribution is -2.15. The number of ether oxygens (including phenoxy) is 1. The first-order valence-corrected chi connectivity index (χ1v) is 11.5. The van der Waals surface area contributed by atoms with E-state index < -0.39 is 0 Å². The van der Waals surface area contributed by atoms with Gasteiger partial charge in [-0.05, 0) is 67.1 Å². The van der Waals surface area contributed by atoms with E-state index in [0.717, 1.165) is 27.2 Å². The van der Waals surface area contributed by atoms with E-state index in [1.165, 1.54) is 11.8 Å². The summed E-state index contributed by atoms with van der Waals surface area (Å²) in [4.78, 5) is 17.0. The summed E-state index contributed by atoms with van der Waals surface area (Å²) in [6, 6.07) is 18.9. The van der Waals surface area contributed by atoms with Gasteiger partial charge in [-0.25, -0.2) is 0 Å². The Morgan fingerprint density at radius 2 is 1.94 bits per heavy atom. The van der Waals surface area contributed by atoms with Crippen LogP contribution in [0.4, 0.5) is 5.69 Å². The molecule has 4 rings (SSSR count). The monoisotopic (exact) mass is 509 g/mol. The Labute approximate surface area is 198 Å². The van der Waals surface area contributed by atoms with Gasteiger partial charge in [0.05, 0.1) is 18.6 Å². The zero-order chi connectivity index (χ0) is 22.5. The van der Waals surface area contributed by atoms with Gasteiger partial charge in [0.1, 0.15) is 11.4 Å². The molecule has 0 saturated heterocycles. The number of rotatable bonds is 7. The molecule has 7 nitrogen and oxygen atoms in total. The molecule has 0 aliphatic carbocycles. The molecule has 0 bridgehead atoms. The number of hydrogen-bond donors (Lipinski definition) is 1. The van der Waals surface area contributed by atoms with Gasteiger partial charge in [0.15, 0.2) is 11.0 Å². The Kier molecular flexibility index (Phi) is 6.87. The topological polar surface area (TPSA) is 81.9 Å². The van der Waals surface area contributed by atoms with Gasteiger partial charge in [0, 0.05) is 16.4 Å². The van der Waals surface area contributed by atoms with Crippen molar-refractivity contribution in [3.05, 3.63) is 76.9 Å². The lowest BCUT2D eigenvalue weighted by molar-refractivity contribution is -0.113. The van der Waals surface area contributed by atoms with Crippen LogP contribution in [-0.4, -0.2) is 38.5 Å². The van der Waals surface area contributed by atoms with Gasteiger partial charge >= 0.3 is 0 Å². The van der Waals surface area contributed by atoms with E-state index in [1.54, 1.807) is 13.3 Å². The largest absolute Gasteiger partial charge is 0.497 e. The molecule has 2 aromatic heterocycles. The predicted octanol–water partition coefficient (Wildman–Crippen LogP) is 5.14. The highest BCUT2D eigenvalue weighted by Crippen LogP contribution is 2.28. The molecule has 162 valence electrons. The quantitative estimate of drug-likeness (QED) is 0.347. The van der Waals surface area contributed by atoms with Crippen molar-refractivity contribution in [2.45, 2.75) is 12.1 Å². The van der Waals surface area contributed by atoms with Crippen LogP contribution in [0.5, 0.6) is 5.75 Å². The van der Waals surface area contributed by atoms with E-state index in [4.69, 9.17) is 4.74 Å². The van der Waals surface area contributed by atoms with E-state index in [0.29, 0.717) is 16.7 Å². The van der Waals surface area contributed by atoms with Crippen LogP contribution < -0.4 is 10.1 Å². The molecule has 1 N–H and O–H groups in total. The second-order valence-electron chi connectivity index (χ2n) is 6.85. The van der Waals surface area contributed by atoms with Crippen molar-refractivity contribution < 1.29 is 9.53 Å². The first-order chi connectivity index (χ1) is 15.5. The van der Waals surface area contributed by atoms with Gasteiger partial charge < -0.3 is 10.1 Å². The number of halogens is 1. The summed E-state index contributed by atoms with van der Waals surface area (Å²) >= 11 is 4.75. The Balaban J connectivity index is 1.59. The number of thioether (sulfide) groups is 1. The van der Waals surface area contributed by atoms with Crippen LogP contribution >= 0.6 is 27.7 Å². The van der Waals surface area contributed by atoms with Crippen molar-refractivity contribution in [3.8, 4) is 23.0 Å². The number of benzene rings is 2. The summed E-state index contributed by atoms with van der Waals surface area (Å²) in [6.07, 6.45) is 1.71. The highest BCUT2D eigenvalue weighted by Gasteiger charge is 2.18. The molecule has 9 heteroatoms. The molecule has 0 unspecified atom stereocenters. The van der Waals surface area contributed by atoms with Gasteiger partial charge in [-0.1, -0.05) is 33.8 Å². The number of hydrogen-bond acceptors (Lipinski definition) is 6. The highest BCUT2D eigenvalue weighted by atomic mass is 79.9. The number of aromatic nitrogens is 4. The summed E-state index contributed by atoms with van der Waals surface area (Å²) in [5.74, 6) is 1.41. The molecule has 4 aromatic rings. The van der Waals surface area contributed by atoms with E-state index in [-0.39, 0.29) is 11.7 Å². The number of methoxy groups -OCH3 is 1. The fourth-order valence-electron chi connectivity index (χ4n) is 3.07. The van der Waals surface area contributed by atoms with Crippen molar-refractivity contribution in [3.63, 3.8) is 0 Å². The summed E-state index contributed by atoms with van der Waals surface area (Å²) in [6.45, 7) is 1.95. The van der Waals surface area contributed by atoms with Crippen molar-refractivity contribution in [1.82, 2.24) is 19.7 Å². The van der Waals surface area contributed by atoms with E-state index >= 15 is 0 Å². The molecule has 0 aliphatic heterocycles. The number of carbonyl (C=O) groups excluding carboxylic acids is 1. The minimum absolute atomic E-state index is 0.121. The Bertz CT molecular complexity index is 1230. The van der Waals surface area contributed by atoms with Gasteiger partial charge in [-0.15, -0.1) is 10.2 Å². The first-order valence-electron chi connectivity index (χ1n) is 9.75. The number of amides is 1. The molecule has 0 saturated carbocycles. The third-order valence-electron chi connectivity index (χ3n) is 4.65. The Morgan fingerprint density at radius 1 is 1.12 bits per heavy atom. The zero-order valence-electron chi connectivity index (χ0n) is 17.4. The number of anilines is 1. The third kappa shape index (κ3) is 5.00. The molecule has 1 amide bonds. The SMILES string of the molecule is COc1ccc(-n2c(SCC(=O)Nc3ccc(Br)cc3C)nnc2-c2ccccn2)cc1. The van der Waals surface area contributed by atoms with Crippen LogP contribution in [0, 0.1) is 6.92 Å². The summed E-state index contributed by atoms with van der Waals surface area (Å²) in [7, 11) is 1.63. The van der Waals surface area contributed by atoms with E-state index in [9.17, 15) is 4.79 Å². The maximum absolute atomic E-state index is 12.6. The molecule has 0 fully saturated rings. The van der Waals surface area contributed by atoms with Crippen LogP contribution in [0.15, 0.2) is 76.5 Å². The Morgan fingerprint density at radius 3 is 2.62 bits per heavy atom. The molecule has 2 heterocycles. The fraction of sp³-hybridized carbons (Fsp3) is 0.130. The van der Waals surface area contributed by atoms with E-state index in [2.05, 4.69) is 36.4 Å². The first kappa shape index (κ1) is 22.0. The summed E-state index contributed by atoms with van der Waals surface area (Å²) < 4.78 is 8.13. The molecule has 2 aromatic carbocycles.